The van der Waals surface area contributed by atoms with Gasteiger partial charge in [-0.2, -0.15) is 0 Å². The van der Waals surface area contributed by atoms with Gasteiger partial charge in [0.05, 0.1) is 11.9 Å². The number of rotatable bonds is 3. The lowest BCUT2D eigenvalue weighted by atomic mass is 10.00. The quantitative estimate of drug-likeness (QED) is 0.203. The molecule has 0 aliphatic heterocycles. The fourth-order valence-electron chi connectivity index (χ4n) is 6.45. The summed E-state index contributed by atoms with van der Waals surface area (Å²) in [6.07, 6.45) is 5.38. The van der Waals surface area contributed by atoms with Crippen molar-refractivity contribution in [1.82, 2.24) is 15.0 Å². The predicted molar refractivity (Wildman–Crippen MR) is 184 cm³/mol. The maximum Gasteiger partial charge on any atom is 0.159 e. The van der Waals surface area contributed by atoms with Gasteiger partial charge in [-0.3, -0.25) is 4.98 Å². The second-order valence-corrected chi connectivity index (χ2v) is 12.4. The normalized spacial score (nSPS) is 12.0. The van der Waals surface area contributed by atoms with E-state index in [4.69, 9.17) is 13.8 Å². The minimum Gasteiger partial charge on any atom is -0.456 e. The highest BCUT2D eigenvalue weighted by molar-refractivity contribution is 7.25. The standard InChI is InChI=1S/C39H21N3O2S/c1-2-4-33-26(3-1)28-17-22(5-9-34(28)43-33)23-7-11-37-30(18-23)31-20-25(8-12-38(31)45-37)39-41-16-14-32(42-39)24-6-10-35-29(19-24)27-13-15-40-21-36(27)44-35/h1-21H. The Morgan fingerprint density at radius 2 is 1.09 bits per heavy atom. The molecular formula is C39H21N3O2S. The molecule has 0 amide bonds. The SMILES string of the molecule is c1ccc2c(c1)oc1ccc(-c3ccc4sc5ccc(-c6nccc(-c7ccc8oc9cnccc9c8c7)n6)cc5c4c3)cc12. The summed E-state index contributed by atoms with van der Waals surface area (Å²) < 4.78 is 14.5. The highest BCUT2D eigenvalue weighted by Gasteiger charge is 2.14. The number of pyridine rings is 1. The van der Waals surface area contributed by atoms with E-state index in [1.54, 1.807) is 12.4 Å². The van der Waals surface area contributed by atoms with Gasteiger partial charge in [0.15, 0.2) is 11.4 Å². The number of hydrogen-bond donors (Lipinski definition) is 0. The van der Waals surface area contributed by atoms with Gasteiger partial charge in [0.1, 0.15) is 16.7 Å². The van der Waals surface area contributed by atoms with Crippen LogP contribution in [0, 0.1) is 0 Å². The summed E-state index contributed by atoms with van der Waals surface area (Å²) >= 11 is 1.81. The zero-order valence-corrected chi connectivity index (χ0v) is 24.5. The van der Waals surface area contributed by atoms with Crippen LogP contribution in [0.5, 0.6) is 0 Å². The molecule has 0 saturated carbocycles. The Morgan fingerprint density at radius 1 is 0.467 bits per heavy atom. The summed E-state index contributed by atoms with van der Waals surface area (Å²) in [4.78, 5) is 13.9. The molecule has 210 valence electrons. The van der Waals surface area contributed by atoms with E-state index in [2.05, 4.69) is 82.8 Å². The minimum atomic E-state index is 0.698. The summed E-state index contributed by atoms with van der Waals surface area (Å²) in [5, 5.41) is 6.80. The molecule has 0 aliphatic rings. The monoisotopic (exact) mass is 595 g/mol. The number of fused-ring (bicyclic) bond motifs is 9. The number of aromatic nitrogens is 3. The summed E-state index contributed by atoms with van der Waals surface area (Å²) in [5.74, 6) is 0.698. The van der Waals surface area contributed by atoms with Crippen LogP contribution in [-0.2, 0) is 0 Å². The summed E-state index contributed by atoms with van der Waals surface area (Å²) in [6, 6.07) is 38.1. The molecule has 0 fully saturated rings. The molecule has 5 heterocycles. The van der Waals surface area contributed by atoms with Crippen molar-refractivity contribution < 1.29 is 8.83 Å². The van der Waals surface area contributed by atoms with E-state index in [0.29, 0.717) is 5.82 Å². The van der Waals surface area contributed by atoms with Crippen molar-refractivity contribution in [2.45, 2.75) is 0 Å². The zero-order chi connectivity index (χ0) is 29.5. The van der Waals surface area contributed by atoms with E-state index in [1.165, 1.54) is 31.3 Å². The van der Waals surface area contributed by atoms with Crippen LogP contribution < -0.4 is 0 Å². The Labute approximate surface area is 260 Å². The van der Waals surface area contributed by atoms with Gasteiger partial charge in [-0.05, 0) is 90.0 Å². The molecule has 0 unspecified atom stereocenters. The van der Waals surface area contributed by atoms with Crippen molar-refractivity contribution in [3.63, 3.8) is 0 Å². The predicted octanol–water partition coefficient (Wildman–Crippen LogP) is 11.0. The maximum absolute atomic E-state index is 6.07. The average molecular weight is 596 g/mol. The Balaban J connectivity index is 1.07. The van der Waals surface area contributed by atoms with Crippen molar-refractivity contribution in [3.8, 4) is 33.8 Å². The molecule has 0 spiro atoms. The van der Waals surface area contributed by atoms with Crippen molar-refractivity contribution in [3.05, 3.63) is 128 Å². The van der Waals surface area contributed by atoms with Crippen molar-refractivity contribution >= 4 is 75.4 Å². The lowest BCUT2D eigenvalue weighted by Gasteiger charge is -2.06. The molecule has 5 aromatic carbocycles. The molecule has 5 nitrogen and oxygen atoms in total. The highest BCUT2D eigenvalue weighted by atomic mass is 32.1. The lowest BCUT2D eigenvalue weighted by molar-refractivity contribution is 0.667. The van der Waals surface area contributed by atoms with Gasteiger partial charge in [-0.15, -0.1) is 11.3 Å². The Kier molecular flexibility index (Phi) is 5.09. The Bertz CT molecular complexity index is 2790. The maximum atomic E-state index is 6.07. The van der Waals surface area contributed by atoms with Crippen molar-refractivity contribution in [2.24, 2.45) is 0 Å². The van der Waals surface area contributed by atoms with E-state index in [-0.39, 0.29) is 0 Å². The van der Waals surface area contributed by atoms with E-state index in [9.17, 15) is 0 Å². The lowest BCUT2D eigenvalue weighted by Crippen LogP contribution is -1.91. The van der Waals surface area contributed by atoms with Gasteiger partial charge in [0.2, 0.25) is 0 Å². The second-order valence-electron chi connectivity index (χ2n) is 11.3. The largest absolute Gasteiger partial charge is 0.456 e. The summed E-state index contributed by atoms with van der Waals surface area (Å²) in [6.45, 7) is 0. The van der Waals surface area contributed by atoms with Crippen molar-refractivity contribution in [1.29, 1.82) is 0 Å². The molecule has 10 rings (SSSR count). The number of furan rings is 2. The molecule has 0 aliphatic carbocycles. The first kappa shape index (κ1) is 24.6. The molecule has 6 heteroatoms. The van der Waals surface area contributed by atoms with Gasteiger partial charge in [-0.25, -0.2) is 9.97 Å². The third-order valence-electron chi connectivity index (χ3n) is 8.66. The topological polar surface area (TPSA) is 65.0 Å². The third kappa shape index (κ3) is 3.83. The molecule has 0 N–H and O–H groups in total. The van der Waals surface area contributed by atoms with Gasteiger partial charge in [0.25, 0.3) is 0 Å². The number of benzene rings is 5. The van der Waals surface area contributed by atoms with E-state index in [1.807, 2.05) is 53.9 Å². The first-order chi connectivity index (χ1) is 22.2. The number of hydrogen-bond acceptors (Lipinski definition) is 6. The minimum absolute atomic E-state index is 0.698. The molecule has 5 aromatic heterocycles. The summed E-state index contributed by atoms with van der Waals surface area (Å²) in [7, 11) is 0. The van der Waals surface area contributed by atoms with Crippen LogP contribution in [0.1, 0.15) is 0 Å². The highest BCUT2D eigenvalue weighted by Crippen LogP contribution is 2.40. The van der Waals surface area contributed by atoms with E-state index < -0.39 is 0 Å². The van der Waals surface area contributed by atoms with Crippen molar-refractivity contribution in [2.75, 3.05) is 0 Å². The fourth-order valence-corrected chi connectivity index (χ4v) is 7.52. The van der Waals surface area contributed by atoms with Gasteiger partial charge in [-0.1, -0.05) is 30.3 Å². The van der Waals surface area contributed by atoms with Crippen LogP contribution in [0.15, 0.2) is 137 Å². The molecule has 10 aromatic rings. The first-order valence-electron chi connectivity index (χ1n) is 14.7. The van der Waals surface area contributed by atoms with E-state index in [0.717, 1.165) is 60.7 Å². The number of nitrogens with zero attached hydrogens (tertiary/aromatic N) is 3. The van der Waals surface area contributed by atoms with Crippen LogP contribution >= 0.6 is 11.3 Å². The fraction of sp³-hybridized carbons (Fsp3) is 0. The molecule has 0 radical (unpaired) electrons. The Morgan fingerprint density at radius 3 is 1.93 bits per heavy atom. The van der Waals surface area contributed by atoms with Crippen LogP contribution in [0.25, 0.3) is 97.8 Å². The molecule has 0 atom stereocenters. The van der Waals surface area contributed by atoms with E-state index >= 15 is 0 Å². The molecular weight excluding hydrogens is 575 g/mol. The first-order valence-corrected chi connectivity index (χ1v) is 15.5. The number of para-hydroxylation sites is 1. The van der Waals surface area contributed by atoms with Gasteiger partial charge >= 0.3 is 0 Å². The number of thiophene rings is 1. The molecule has 0 bridgehead atoms. The van der Waals surface area contributed by atoms with Crippen LogP contribution in [0.4, 0.5) is 0 Å². The van der Waals surface area contributed by atoms with Gasteiger partial charge < -0.3 is 8.83 Å². The zero-order valence-electron chi connectivity index (χ0n) is 23.7. The van der Waals surface area contributed by atoms with Crippen LogP contribution in [0.3, 0.4) is 0 Å². The van der Waals surface area contributed by atoms with Crippen LogP contribution in [-0.4, -0.2) is 15.0 Å². The third-order valence-corrected chi connectivity index (χ3v) is 9.81. The van der Waals surface area contributed by atoms with Gasteiger partial charge in [0, 0.05) is 65.2 Å². The Hall–Kier alpha value is -5.85. The summed E-state index contributed by atoms with van der Waals surface area (Å²) in [5.41, 5.74) is 8.65. The molecule has 0 saturated heterocycles. The average Bonchev–Trinajstić information content (AvgIpc) is 3.78. The second kappa shape index (κ2) is 9.32. The molecule has 45 heavy (non-hydrogen) atoms. The smallest absolute Gasteiger partial charge is 0.159 e. The van der Waals surface area contributed by atoms with Crippen LogP contribution in [0.2, 0.25) is 0 Å².